The third-order valence-corrected chi connectivity index (χ3v) is 4.04. The summed E-state index contributed by atoms with van der Waals surface area (Å²) in [5.41, 5.74) is 7.31. The molecule has 0 fully saturated rings. The van der Waals surface area contributed by atoms with Gasteiger partial charge in [-0.25, -0.2) is 14.6 Å². The van der Waals surface area contributed by atoms with E-state index < -0.39 is 5.91 Å². The Labute approximate surface area is 158 Å². The van der Waals surface area contributed by atoms with Crippen LogP contribution in [0.2, 0.25) is 5.02 Å². The van der Waals surface area contributed by atoms with Crippen molar-refractivity contribution in [2.24, 2.45) is 5.73 Å². The summed E-state index contributed by atoms with van der Waals surface area (Å²) in [4.78, 5) is 20.0. The smallest absolute Gasteiger partial charge is 0.239 e. The normalized spacial score (nSPS) is 11.0. The van der Waals surface area contributed by atoms with Gasteiger partial charge in [0.25, 0.3) is 0 Å². The number of hydrogen-bond acceptors (Lipinski definition) is 6. The molecule has 3 heterocycles. The molecule has 4 aromatic rings. The van der Waals surface area contributed by atoms with Crippen LogP contribution in [0.3, 0.4) is 0 Å². The number of halogens is 1. The van der Waals surface area contributed by atoms with Gasteiger partial charge >= 0.3 is 0 Å². The number of hydrogen-bond donors (Lipinski definition) is 2. The van der Waals surface area contributed by atoms with Crippen LogP contribution >= 0.6 is 11.6 Å². The van der Waals surface area contributed by atoms with Crippen molar-refractivity contribution in [1.29, 1.82) is 0 Å². The van der Waals surface area contributed by atoms with Crippen LogP contribution in [-0.2, 0) is 11.3 Å². The van der Waals surface area contributed by atoms with Crippen LogP contribution in [0.15, 0.2) is 42.9 Å². The Bertz CT molecular complexity index is 1150. The first-order valence-corrected chi connectivity index (χ1v) is 8.43. The molecule has 3 N–H and O–H groups in total. The minimum atomic E-state index is -0.465. The molecule has 136 valence electrons. The van der Waals surface area contributed by atoms with Crippen LogP contribution in [0.5, 0.6) is 0 Å². The first-order chi connectivity index (χ1) is 13.0. The van der Waals surface area contributed by atoms with Crippen LogP contribution in [-0.4, -0.2) is 35.4 Å². The molecule has 0 aliphatic rings. The van der Waals surface area contributed by atoms with Gasteiger partial charge in [0.05, 0.1) is 29.2 Å². The lowest BCUT2D eigenvalue weighted by molar-refractivity contribution is -0.118. The lowest BCUT2D eigenvalue weighted by atomic mass is 10.3. The van der Waals surface area contributed by atoms with Crippen molar-refractivity contribution in [3.05, 3.63) is 53.7 Å². The van der Waals surface area contributed by atoms with E-state index in [1.165, 1.54) is 4.68 Å². The Kier molecular flexibility index (Phi) is 4.21. The number of benzene rings is 1. The summed E-state index contributed by atoms with van der Waals surface area (Å²) in [5.74, 6) is 0.704. The zero-order chi connectivity index (χ0) is 19.0. The summed E-state index contributed by atoms with van der Waals surface area (Å²) in [6, 6.07) is 7.36. The van der Waals surface area contributed by atoms with Crippen LogP contribution in [0.4, 0.5) is 11.5 Å². The second-order valence-electron chi connectivity index (χ2n) is 5.91. The van der Waals surface area contributed by atoms with Crippen molar-refractivity contribution in [2.45, 2.75) is 13.5 Å². The zero-order valence-electron chi connectivity index (χ0n) is 14.3. The van der Waals surface area contributed by atoms with Gasteiger partial charge in [-0.2, -0.15) is 10.2 Å². The molecule has 27 heavy (non-hydrogen) atoms. The number of amides is 1. The number of carbonyl (C=O) groups is 1. The Morgan fingerprint density at radius 3 is 2.89 bits per heavy atom. The van der Waals surface area contributed by atoms with E-state index >= 15 is 0 Å². The standard InChI is InChI=1S/C17H15ClN8O/c1-10-22-16(24-12-6-20-25(8-12)9-15(19)27)14-7-21-26(17(14)23-10)13-4-2-3-11(18)5-13/h2-8H,9H2,1H3,(H2,19,27)(H,22,23,24). The van der Waals surface area contributed by atoms with Gasteiger partial charge < -0.3 is 11.1 Å². The third-order valence-electron chi connectivity index (χ3n) is 3.81. The van der Waals surface area contributed by atoms with E-state index in [1.807, 2.05) is 18.2 Å². The minimum Gasteiger partial charge on any atom is -0.368 e. The van der Waals surface area contributed by atoms with Crippen molar-refractivity contribution >= 4 is 40.0 Å². The predicted molar refractivity (Wildman–Crippen MR) is 101 cm³/mol. The Hall–Kier alpha value is -3.46. The molecule has 4 rings (SSSR count). The summed E-state index contributed by atoms with van der Waals surface area (Å²) in [6.07, 6.45) is 4.95. The van der Waals surface area contributed by atoms with Crippen LogP contribution in [0.25, 0.3) is 16.7 Å². The highest BCUT2D eigenvalue weighted by Gasteiger charge is 2.14. The molecule has 1 aromatic carbocycles. The van der Waals surface area contributed by atoms with Gasteiger partial charge in [-0.3, -0.25) is 9.48 Å². The van der Waals surface area contributed by atoms with E-state index in [0.29, 0.717) is 28.0 Å². The summed E-state index contributed by atoms with van der Waals surface area (Å²) in [5, 5.41) is 13.1. The maximum atomic E-state index is 11.0. The molecule has 9 nitrogen and oxygen atoms in total. The number of nitrogens with zero attached hydrogens (tertiary/aromatic N) is 6. The highest BCUT2D eigenvalue weighted by atomic mass is 35.5. The molecule has 0 aliphatic carbocycles. The van der Waals surface area contributed by atoms with E-state index in [1.54, 1.807) is 36.3 Å². The minimum absolute atomic E-state index is 0.00654. The SMILES string of the molecule is Cc1nc(Nc2cnn(CC(N)=O)c2)c2cnn(-c3cccc(Cl)c3)c2n1. The van der Waals surface area contributed by atoms with E-state index in [4.69, 9.17) is 17.3 Å². The molecule has 0 aliphatic heterocycles. The molecular weight excluding hydrogens is 368 g/mol. The Morgan fingerprint density at radius 2 is 2.11 bits per heavy atom. The van der Waals surface area contributed by atoms with Crippen molar-refractivity contribution in [3.8, 4) is 5.69 Å². The van der Waals surface area contributed by atoms with Crippen LogP contribution < -0.4 is 11.1 Å². The number of anilines is 2. The fourth-order valence-corrected chi connectivity index (χ4v) is 2.90. The number of aryl methyl sites for hydroxylation is 1. The lowest BCUT2D eigenvalue weighted by Gasteiger charge is -2.07. The Balaban J connectivity index is 1.74. The molecule has 10 heteroatoms. The average molecular weight is 383 g/mol. The van der Waals surface area contributed by atoms with Crippen molar-refractivity contribution < 1.29 is 4.79 Å². The molecule has 3 aromatic heterocycles. The molecule has 0 unspecified atom stereocenters. The van der Waals surface area contributed by atoms with E-state index in [-0.39, 0.29) is 6.54 Å². The first-order valence-electron chi connectivity index (χ1n) is 8.06. The summed E-state index contributed by atoms with van der Waals surface area (Å²) < 4.78 is 3.16. The van der Waals surface area contributed by atoms with E-state index in [2.05, 4.69) is 25.5 Å². The van der Waals surface area contributed by atoms with Crippen LogP contribution in [0.1, 0.15) is 5.82 Å². The number of nitrogens with one attached hydrogen (secondary N) is 1. The number of nitrogens with two attached hydrogens (primary N) is 1. The quantitative estimate of drug-likeness (QED) is 0.546. The molecule has 0 saturated heterocycles. The molecule has 0 bridgehead atoms. The van der Waals surface area contributed by atoms with Crippen molar-refractivity contribution in [3.63, 3.8) is 0 Å². The third kappa shape index (κ3) is 3.44. The predicted octanol–water partition coefficient (Wildman–Crippen LogP) is 2.20. The zero-order valence-corrected chi connectivity index (χ0v) is 15.1. The summed E-state index contributed by atoms with van der Waals surface area (Å²) in [6.45, 7) is 1.81. The molecule has 1 amide bonds. The lowest BCUT2D eigenvalue weighted by Crippen LogP contribution is -2.18. The van der Waals surface area contributed by atoms with Gasteiger partial charge in [0, 0.05) is 11.2 Å². The van der Waals surface area contributed by atoms with Gasteiger partial charge in [-0.05, 0) is 25.1 Å². The topological polar surface area (TPSA) is 117 Å². The monoisotopic (exact) mass is 382 g/mol. The Morgan fingerprint density at radius 1 is 1.26 bits per heavy atom. The highest BCUT2D eigenvalue weighted by Crippen LogP contribution is 2.26. The molecule has 0 spiro atoms. The largest absolute Gasteiger partial charge is 0.368 e. The average Bonchev–Trinajstić information content (AvgIpc) is 3.21. The number of rotatable bonds is 5. The number of carbonyl (C=O) groups excluding carboxylic acids is 1. The number of primary amides is 1. The van der Waals surface area contributed by atoms with E-state index in [0.717, 1.165) is 11.1 Å². The molecule has 0 atom stereocenters. The second kappa shape index (κ2) is 6.69. The molecule has 0 radical (unpaired) electrons. The van der Waals surface area contributed by atoms with E-state index in [9.17, 15) is 4.79 Å². The van der Waals surface area contributed by atoms with Gasteiger partial charge in [0.1, 0.15) is 18.2 Å². The van der Waals surface area contributed by atoms with Gasteiger partial charge in [-0.15, -0.1) is 0 Å². The second-order valence-corrected chi connectivity index (χ2v) is 6.35. The van der Waals surface area contributed by atoms with Gasteiger partial charge in [0.2, 0.25) is 5.91 Å². The number of aromatic nitrogens is 6. The van der Waals surface area contributed by atoms with Gasteiger partial charge in [0.15, 0.2) is 5.65 Å². The fraction of sp³-hybridized carbons (Fsp3) is 0.118. The van der Waals surface area contributed by atoms with Crippen LogP contribution in [0, 0.1) is 6.92 Å². The first kappa shape index (κ1) is 17.0. The fourth-order valence-electron chi connectivity index (χ4n) is 2.72. The summed E-state index contributed by atoms with van der Waals surface area (Å²) in [7, 11) is 0. The summed E-state index contributed by atoms with van der Waals surface area (Å²) >= 11 is 6.09. The van der Waals surface area contributed by atoms with Gasteiger partial charge in [-0.1, -0.05) is 17.7 Å². The maximum absolute atomic E-state index is 11.0. The number of fused-ring (bicyclic) bond motifs is 1. The van der Waals surface area contributed by atoms with Crippen molar-refractivity contribution in [1.82, 2.24) is 29.5 Å². The molecular formula is C17H15ClN8O. The highest BCUT2D eigenvalue weighted by molar-refractivity contribution is 6.30. The molecule has 0 saturated carbocycles. The maximum Gasteiger partial charge on any atom is 0.239 e. The van der Waals surface area contributed by atoms with Crippen molar-refractivity contribution in [2.75, 3.05) is 5.32 Å².